The number of aliphatic hydroxyl groups excluding tert-OH is 1. The molecule has 9 heteroatoms. The van der Waals surface area contributed by atoms with Crippen LogP contribution in [0.25, 0.3) is 11.3 Å². The number of benzene rings is 1. The third-order valence-electron chi connectivity index (χ3n) is 3.10. The van der Waals surface area contributed by atoms with Crippen LogP contribution in [0.3, 0.4) is 0 Å². The van der Waals surface area contributed by atoms with Gasteiger partial charge in [0, 0.05) is 5.56 Å². The quantitative estimate of drug-likeness (QED) is 0.667. The van der Waals surface area contributed by atoms with Gasteiger partial charge in [0.15, 0.2) is 12.9 Å². The van der Waals surface area contributed by atoms with Crippen LogP contribution in [0.5, 0.6) is 5.75 Å². The van der Waals surface area contributed by atoms with Crippen molar-refractivity contribution in [2.75, 3.05) is 6.61 Å². The van der Waals surface area contributed by atoms with Crippen LogP contribution in [0, 0.1) is 12.7 Å². The van der Waals surface area contributed by atoms with E-state index >= 15 is 0 Å². The molecule has 1 aromatic heterocycles. The van der Waals surface area contributed by atoms with Crippen molar-refractivity contribution in [3.05, 3.63) is 41.1 Å². The molecule has 24 heavy (non-hydrogen) atoms. The van der Waals surface area contributed by atoms with Crippen molar-refractivity contribution in [1.82, 2.24) is 9.97 Å². The third-order valence-corrected chi connectivity index (χ3v) is 3.10. The first kappa shape index (κ1) is 17.8. The van der Waals surface area contributed by atoms with Crippen molar-refractivity contribution < 1.29 is 32.2 Å². The van der Waals surface area contributed by atoms with E-state index in [1.54, 1.807) is 6.92 Å². The molecule has 0 aliphatic heterocycles. The predicted octanol–water partition coefficient (Wildman–Crippen LogP) is 2.84. The minimum atomic E-state index is -4.61. The second-order valence-electron chi connectivity index (χ2n) is 4.84. The third kappa shape index (κ3) is 4.05. The van der Waals surface area contributed by atoms with Crippen LogP contribution in [0.4, 0.5) is 17.6 Å². The van der Waals surface area contributed by atoms with Crippen molar-refractivity contribution in [2.45, 2.75) is 19.7 Å². The number of hydrogen-bond acceptors (Lipinski definition) is 5. The molecule has 0 unspecified atom stereocenters. The monoisotopic (exact) mass is 344 g/mol. The van der Waals surface area contributed by atoms with E-state index in [1.807, 2.05) is 0 Å². The molecule has 1 N–H and O–H groups in total. The normalized spacial score (nSPS) is 11.4. The Labute approximate surface area is 133 Å². The standard InChI is InChI=1S/C15H12F4N2O3/c1-8-13(6-23)21-12(4-20-8)10-3-14(24-7-15(17,18)19)9(5-22)2-11(10)16/h2-5,23H,6-7H2,1H3. The van der Waals surface area contributed by atoms with Crippen molar-refractivity contribution in [1.29, 1.82) is 0 Å². The summed E-state index contributed by atoms with van der Waals surface area (Å²) in [6, 6.07) is 1.71. The average Bonchev–Trinajstić information content (AvgIpc) is 2.53. The maximum atomic E-state index is 14.1. The lowest BCUT2D eigenvalue weighted by Crippen LogP contribution is -2.19. The molecule has 0 aliphatic carbocycles. The van der Waals surface area contributed by atoms with Crippen molar-refractivity contribution >= 4 is 6.29 Å². The molecule has 2 aromatic rings. The molecule has 5 nitrogen and oxygen atoms in total. The van der Waals surface area contributed by atoms with Crippen molar-refractivity contribution in [3.8, 4) is 17.0 Å². The Morgan fingerprint density at radius 2 is 2.04 bits per heavy atom. The van der Waals surface area contributed by atoms with Gasteiger partial charge in [0.25, 0.3) is 0 Å². The highest BCUT2D eigenvalue weighted by molar-refractivity contribution is 5.81. The van der Waals surface area contributed by atoms with E-state index in [-0.39, 0.29) is 28.8 Å². The van der Waals surface area contributed by atoms with Gasteiger partial charge >= 0.3 is 6.18 Å². The van der Waals surface area contributed by atoms with Crippen LogP contribution in [0.2, 0.25) is 0 Å². The first-order valence-electron chi connectivity index (χ1n) is 6.67. The fraction of sp³-hybridized carbons (Fsp3) is 0.267. The smallest absolute Gasteiger partial charge is 0.422 e. The zero-order chi connectivity index (χ0) is 17.9. The number of hydrogen-bond donors (Lipinski definition) is 1. The Morgan fingerprint density at radius 1 is 1.33 bits per heavy atom. The molecule has 0 saturated carbocycles. The number of aldehydes is 1. The summed E-state index contributed by atoms with van der Waals surface area (Å²) in [6.45, 7) is -0.468. The minimum absolute atomic E-state index is 0.00328. The van der Waals surface area contributed by atoms with Gasteiger partial charge in [-0.1, -0.05) is 0 Å². The highest BCUT2D eigenvalue weighted by atomic mass is 19.4. The fourth-order valence-corrected chi connectivity index (χ4v) is 1.91. The first-order valence-corrected chi connectivity index (χ1v) is 6.67. The molecular formula is C15H12F4N2O3. The Kier molecular flexibility index (Phi) is 5.13. The van der Waals surface area contributed by atoms with E-state index in [4.69, 9.17) is 0 Å². The number of carbonyl (C=O) groups is 1. The highest BCUT2D eigenvalue weighted by Gasteiger charge is 2.29. The fourth-order valence-electron chi connectivity index (χ4n) is 1.91. The van der Waals surface area contributed by atoms with Crippen LogP contribution >= 0.6 is 0 Å². The Morgan fingerprint density at radius 3 is 2.62 bits per heavy atom. The summed E-state index contributed by atoms with van der Waals surface area (Å²) in [5.41, 5.74) is 0.0724. The summed E-state index contributed by atoms with van der Waals surface area (Å²) in [7, 11) is 0. The molecule has 0 aliphatic rings. The van der Waals surface area contributed by atoms with E-state index in [2.05, 4.69) is 14.7 Å². The van der Waals surface area contributed by atoms with E-state index in [9.17, 15) is 27.5 Å². The molecule has 1 aromatic carbocycles. The van der Waals surface area contributed by atoms with Gasteiger partial charge in [-0.05, 0) is 19.1 Å². The summed E-state index contributed by atoms with van der Waals surface area (Å²) in [5, 5.41) is 9.18. The Hall–Kier alpha value is -2.55. The van der Waals surface area contributed by atoms with Crippen LogP contribution < -0.4 is 4.74 Å². The number of halogens is 4. The second kappa shape index (κ2) is 6.91. The number of nitrogens with zero attached hydrogens (tertiary/aromatic N) is 2. The summed E-state index contributed by atoms with van der Waals surface area (Å²) in [4.78, 5) is 18.9. The zero-order valence-electron chi connectivity index (χ0n) is 12.4. The number of rotatable bonds is 5. The van der Waals surface area contributed by atoms with E-state index in [0.29, 0.717) is 5.69 Å². The van der Waals surface area contributed by atoms with Gasteiger partial charge in [0.2, 0.25) is 0 Å². The van der Waals surface area contributed by atoms with Crippen LogP contribution in [-0.4, -0.2) is 34.1 Å². The van der Waals surface area contributed by atoms with Crippen molar-refractivity contribution in [2.24, 2.45) is 0 Å². The predicted molar refractivity (Wildman–Crippen MR) is 75.0 cm³/mol. The summed E-state index contributed by atoms with van der Waals surface area (Å²) < 4.78 is 55.6. The molecular weight excluding hydrogens is 332 g/mol. The van der Waals surface area contributed by atoms with Gasteiger partial charge in [0.1, 0.15) is 11.6 Å². The maximum Gasteiger partial charge on any atom is 0.422 e. The number of alkyl halides is 3. The van der Waals surface area contributed by atoms with E-state index in [1.165, 1.54) is 6.20 Å². The van der Waals surface area contributed by atoms with Crippen molar-refractivity contribution in [3.63, 3.8) is 0 Å². The average molecular weight is 344 g/mol. The molecule has 128 valence electrons. The van der Waals surface area contributed by atoms with Gasteiger partial charge in [-0.15, -0.1) is 0 Å². The lowest BCUT2D eigenvalue weighted by molar-refractivity contribution is -0.153. The molecule has 0 radical (unpaired) electrons. The summed E-state index contributed by atoms with van der Waals surface area (Å²) in [5.74, 6) is -1.30. The molecule has 0 spiro atoms. The number of carbonyl (C=O) groups excluding carboxylic acids is 1. The highest BCUT2D eigenvalue weighted by Crippen LogP contribution is 2.30. The molecule has 0 atom stereocenters. The molecule has 0 bridgehead atoms. The summed E-state index contributed by atoms with van der Waals surface area (Å²) >= 11 is 0. The van der Waals surface area contributed by atoms with E-state index < -0.39 is 31.0 Å². The number of aromatic nitrogens is 2. The Balaban J connectivity index is 2.48. The topological polar surface area (TPSA) is 72.3 Å². The van der Waals surface area contributed by atoms with Gasteiger partial charge < -0.3 is 9.84 Å². The minimum Gasteiger partial charge on any atom is -0.483 e. The number of aliphatic hydroxyl groups is 1. The molecule has 0 fully saturated rings. The molecule has 2 rings (SSSR count). The molecule has 0 amide bonds. The van der Waals surface area contributed by atoms with Crippen LogP contribution in [-0.2, 0) is 6.61 Å². The largest absolute Gasteiger partial charge is 0.483 e. The lowest BCUT2D eigenvalue weighted by Gasteiger charge is -2.13. The lowest BCUT2D eigenvalue weighted by atomic mass is 10.1. The van der Waals surface area contributed by atoms with Gasteiger partial charge in [0.05, 0.1) is 35.4 Å². The zero-order valence-corrected chi connectivity index (χ0v) is 12.4. The second-order valence-corrected chi connectivity index (χ2v) is 4.84. The van der Waals surface area contributed by atoms with Gasteiger partial charge in [-0.2, -0.15) is 13.2 Å². The first-order chi connectivity index (χ1) is 11.2. The van der Waals surface area contributed by atoms with Gasteiger partial charge in [-0.25, -0.2) is 9.37 Å². The SMILES string of the molecule is Cc1ncc(-c2cc(OCC(F)(F)F)c(C=O)cc2F)nc1CO. The van der Waals surface area contributed by atoms with Crippen LogP contribution in [0.1, 0.15) is 21.7 Å². The molecule has 0 saturated heterocycles. The maximum absolute atomic E-state index is 14.1. The Bertz CT molecular complexity index is 763. The van der Waals surface area contributed by atoms with E-state index in [0.717, 1.165) is 12.1 Å². The summed E-state index contributed by atoms with van der Waals surface area (Å²) in [6.07, 6.45) is -3.21. The van der Waals surface area contributed by atoms with Crippen LogP contribution in [0.15, 0.2) is 18.3 Å². The number of ether oxygens (including phenoxy) is 1. The number of aryl methyl sites for hydroxylation is 1. The molecule has 1 heterocycles. The van der Waals surface area contributed by atoms with Gasteiger partial charge in [-0.3, -0.25) is 9.78 Å².